The number of methoxy groups -OCH3 is 1. The molecule has 3 aromatic rings. The molecule has 6 nitrogen and oxygen atoms in total. The number of rotatable bonds is 8. The molecule has 0 fully saturated rings. The van der Waals surface area contributed by atoms with E-state index in [1.807, 2.05) is 54.6 Å². The van der Waals surface area contributed by atoms with Gasteiger partial charge in [0.2, 0.25) is 0 Å². The fourth-order valence-electron chi connectivity index (χ4n) is 2.79. The van der Waals surface area contributed by atoms with Crippen molar-refractivity contribution in [2.75, 3.05) is 7.11 Å². The minimum Gasteiger partial charge on any atom is -0.497 e. The third-order valence-electron chi connectivity index (χ3n) is 4.34. The van der Waals surface area contributed by atoms with Gasteiger partial charge in [-0.2, -0.15) is 0 Å². The van der Waals surface area contributed by atoms with Crippen molar-refractivity contribution in [3.8, 4) is 5.75 Å². The molecule has 0 bridgehead atoms. The van der Waals surface area contributed by atoms with Crippen LogP contribution in [0.4, 0.5) is 5.69 Å². The second kappa shape index (κ2) is 9.32. The van der Waals surface area contributed by atoms with Gasteiger partial charge in [0, 0.05) is 36.0 Å². The van der Waals surface area contributed by atoms with E-state index in [0.717, 1.165) is 11.1 Å². The summed E-state index contributed by atoms with van der Waals surface area (Å²) >= 11 is 0. The topological polar surface area (TPSA) is 81.5 Å². The third-order valence-corrected chi connectivity index (χ3v) is 4.34. The molecular weight excluding hydrogens is 368 g/mol. The van der Waals surface area contributed by atoms with Gasteiger partial charge in [0.25, 0.3) is 5.69 Å². The van der Waals surface area contributed by atoms with E-state index in [0.29, 0.717) is 18.0 Å². The van der Waals surface area contributed by atoms with E-state index in [-0.39, 0.29) is 17.0 Å². The van der Waals surface area contributed by atoms with Crippen molar-refractivity contribution < 1.29 is 14.5 Å². The van der Waals surface area contributed by atoms with Gasteiger partial charge in [0.15, 0.2) is 5.78 Å². The smallest absolute Gasteiger partial charge is 0.270 e. The van der Waals surface area contributed by atoms with Crippen LogP contribution < -0.4 is 10.1 Å². The Morgan fingerprint density at radius 1 is 1.00 bits per heavy atom. The second-order valence-corrected chi connectivity index (χ2v) is 6.30. The average molecular weight is 388 g/mol. The van der Waals surface area contributed by atoms with Gasteiger partial charge in [-0.1, -0.05) is 42.5 Å². The summed E-state index contributed by atoms with van der Waals surface area (Å²) in [4.78, 5) is 23.3. The lowest BCUT2D eigenvalue weighted by Crippen LogP contribution is -2.13. The number of hydrogen-bond donors (Lipinski definition) is 1. The number of hydrogen-bond acceptors (Lipinski definition) is 5. The van der Waals surface area contributed by atoms with Gasteiger partial charge < -0.3 is 10.1 Å². The largest absolute Gasteiger partial charge is 0.497 e. The summed E-state index contributed by atoms with van der Waals surface area (Å²) in [6.07, 6.45) is 1.46. The van der Waals surface area contributed by atoms with Crippen molar-refractivity contribution >= 4 is 17.2 Å². The zero-order valence-electron chi connectivity index (χ0n) is 15.9. The molecule has 0 atom stereocenters. The van der Waals surface area contributed by atoms with Gasteiger partial charge >= 0.3 is 0 Å². The summed E-state index contributed by atoms with van der Waals surface area (Å²) in [6.45, 7) is 0.529. The van der Waals surface area contributed by atoms with Crippen LogP contribution in [0.1, 0.15) is 21.5 Å². The summed E-state index contributed by atoms with van der Waals surface area (Å²) in [5.41, 5.74) is 2.63. The van der Waals surface area contributed by atoms with Crippen molar-refractivity contribution in [1.82, 2.24) is 5.32 Å². The first-order valence-corrected chi connectivity index (χ1v) is 8.99. The summed E-state index contributed by atoms with van der Waals surface area (Å²) in [6, 6.07) is 22.8. The van der Waals surface area contributed by atoms with Crippen LogP contribution in [0.2, 0.25) is 0 Å². The average Bonchev–Trinajstić information content (AvgIpc) is 2.77. The first-order valence-electron chi connectivity index (χ1n) is 8.99. The molecule has 6 heteroatoms. The number of allylic oxidation sites excluding steroid dienone is 1. The Labute approximate surface area is 168 Å². The van der Waals surface area contributed by atoms with E-state index in [1.165, 1.54) is 24.3 Å². The van der Waals surface area contributed by atoms with Gasteiger partial charge in [-0.3, -0.25) is 14.9 Å². The summed E-state index contributed by atoms with van der Waals surface area (Å²) in [5.74, 6) is 0.390. The normalized spacial score (nSPS) is 11.0. The first kappa shape index (κ1) is 19.8. The lowest BCUT2D eigenvalue weighted by molar-refractivity contribution is -0.384. The quantitative estimate of drug-likeness (QED) is 0.264. The van der Waals surface area contributed by atoms with Gasteiger partial charge in [0.1, 0.15) is 5.75 Å². The molecule has 0 aliphatic carbocycles. The van der Waals surface area contributed by atoms with Crippen LogP contribution in [-0.2, 0) is 6.54 Å². The molecule has 1 N–H and O–H groups in total. The molecule has 0 unspecified atom stereocenters. The fraction of sp³-hybridized carbons (Fsp3) is 0.0870. The SMILES string of the molecule is COc1ccc(/C(=C/C(=O)c2cccc([N+](=O)[O-])c2)NCc2ccccc2)cc1. The molecule has 0 saturated carbocycles. The molecule has 146 valence electrons. The molecule has 0 spiro atoms. The molecule has 0 aliphatic rings. The molecule has 0 aromatic heterocycles. The number of nitro benzene ring substituents is 1. The first-order chi connectivity index (χ1) is 14.1. The van der Waals surface area contributed by atoms with Crippen LogP contribution in [0.3, 0.4) is 0 Å². The number of ketones is 1. The van der Waals surface area contributed by atoms with Crippen LogP contribution in [0.25, 0.3) is 5.70 Å². The highest BCUT2D eigenvalue weighted by atomic mass is 16.6. The molecule has 0 heterocycles. The monoisotopic (exact) mass is 388 g/mol. The highest BCUT2D eigenvalue weighted by molar-refractivity contribution is 6.08. The van der Waals surface area contributed by atoms with E-state index in [1.54, 1.807) is 13.2 Å². The number of carbonyl (C=O) groups excluding carboxylic acids is 1. The van der Waals surface area contributed by atoms with Gasteiger partial charge in [-0.25, -0.2) is 0 Å². The number of nitrogens with one attached hydrogen (secondary N) is 1. The predicted molar refractivity (Wildman–Crippen MR) is 112 cm³/mol. The molecule has 3 rings (SSSR count). The highest BCUT2D eigenvalue weighted by Gasteiger charge is 2.12. The fourth-order valence-corrected chi connectivity index (χ4v) is 2.79. The van der Waals surface area contributed by atoms with Crippen molar-refractivity contribution in [2.24, 2.45) is 0 Å². The predicted octanol–water partition coefficient (Wildman–Crippen LogP) is 4.62. The second-order valence-electron chi connectivity index (χ2n) is 6.30. The summed E-state index contributed by atoms with van der Waals surface area (Å²) in [7, 11) is 1.59. The maximum atomic E-state index is 12.8. The van der Waals surface area contributed by atoms with Gasteiger partial charge in [-0.05, 0) is 35.4 Å². The Kier molecular flexibility index (Phi) is 6.37. The van der Waals surface area contributed by atoms with E-state index in [2.05, 4.69) is 5.32 Å². The molecular formula is C23H20N2O4. The van der Waals surface area contributed by atoms with Crippen LogP contribution in [-0.4, -0.2) is 17.8 Å². The lowest BCUT2D eigenvalue weighted by atomic mass is 10.1. The highest BCUT2D eigenvalue weighted by Crippen LogP contribution is 2.20. The van der Waals surface area contributed by atoms with Gasteiger partial charge in [0.05, 0.1) is 12.0 Å². The Hall–Kier alpha value is -3.93. The third kappa shape index (κ3) is 5.29. The van der Waals surface area contributed by atoms with E-state index >= 15 is 0 Å². The molecule has 0 amide bonds. The Morgan fingerprint density at radius 2 is 1.72 bits per heavy atom. The van der Waals surface area contributed by atoms with Crippen molar-refractivity contribution in [1.29, 1.82) is 0 Å². The standard InChI is InChI=1S/C23H20N2O4/c1-29-21-12-10-18(11-13-21)22(24-16-17-6-3-2-4-7-17)15-23(26)19-8-5-9-20(14-19)25(27)28/h2-15,24H,16H2,1H3/b22-15-. The van der Waals surface area contributed by atoms with Crippen molar-refractivity contribution in [2.45, 2.75) is 6.54 Å². The summed E-state index contributed by atoms with van der Waals surface area (Å²) < 4.78 is 5.19. The van der Waals surface area contributed by atoms with E-state index in [4.69, 9.17) is 4.74 Å². The Balaban J connectivity index is 1.90. The minimum atomic E-state index is -0.515. The van der Waals surface area contributed by atoms with Gasteiger partial charge in [-0.15, -0.1) is 0 Å². The van der Waals surface area contributed by atoms with E-state index < -0.39 is 4.92 Å². The molecule has 0 radical (unpaired) electrons. The Morgan fingerprint density at radius 3 is 2.38 bits per heavy atom. The number of benzene rings is 3. The van der Waals surface area contributed by atoms with Crippen LogP contribution in [0.5, 0.6) is 5.75 Å². The molecule has 29 heavy (non-hydrogen) atoms. The van der Waals surface area contributed by atoms with Crippen LogP contribution in [0, 0.1) is 10.1 Å². The Bertz CT molecular complexity index is 1030. The molecule has 0 saturated heterocycles. The number of ether oxygens (including phenoxy) is 1. The maximum absolute atomic E-state index is 12.8. The molecule has 3 aromatic carbocycles. The van der Waals surface area contributed by atoms with E-state index in [9.17, 15) is 14.9 Å². The number of nitro groups is 1. The maximum Gasteiger partial charge on any atom is 0.270 e. The minimum absolute atomic E-state index is 0.118. The number of non-ortho nitro benzene ring substituents is 1. The molecule has 0 aliphatic heterocycles. The zero-order chi connectivity index (χ0) is 20.6. The van der Waals surface area contributed by atoms with Crippen molar-refractivity contribution in [3.63, 3.8) is 0 Å². The van der Waals surface area contributed by atoms with Crippen LogP contribution in [0.15, 0.2) is 84.9 Å². The van der Waals surface area contributed by atoms with Crippen LogP contribution >= 0.6 is 0 Å². The number of carbonyl (C=O) groups is 1. The van der Waals surface area contributed by atoms with Crippen molar-refractivity contribution in [3.05, 3.63) is 112 Å². The lowest BCUT2D eigenvalue weighted by Gasteiger charge is -2.12. The zero-order valence-corrected chi connectivity index (χ0v) is 15.9. The number of nitrogens with zero attached hydrogens (tertiary/aromatic N) is 1. The summed E-state index contributed by atoms with van der Waals surface area (Å²) in [5, 5.41) is 14.3.